The number of benzene rings is 1. The van der Waals surface area contributed by atoms with Crippen molar-refractivity contribution in [1.29, 1.82) is 0 Å². The SMILES string of the molecule is CNCCN(C)C(=O)OCc1ccc(N(C(=O)[C@@H](NC(=O)CCCCCN2C(=O)C=CC2=O)C(C)C)[C@@H](CCCNC(N)=O)C(=O)O)cc1. The second-order valence-electron chi connectivity index (χ2n) is 12.0. The van der Waals surface area contributed by atoms with Crippen LogP contribution in [-0.2, 0) is 35.3 Å². The van der Waals surface area contributed by atoms with E-state index < -0.39 is 47.9 Å². The number of carboxylic acids is 1. The molecule has 0 aromatic heterocycles. The Balaban J connectivity index is 2.18. The molecule has 0 saturated heterocycles. The van der Waals surface area contributed by atoms with Gasteiger partial charge in [-0.15, -0.1) is 0 Å². The van der Waals surface area contributed by atoms with Crippen LogP contribution >= 0.6 is 0 Å². The van der Waals surface area contributed by atoms with Crippen LogP contribution in [0.5, 0.6) is 0 Å². The van der Waals surface area contributed by atoms with Crippen molar-refractivity contribution < 1.29 is 43.4 Å². The van der Waals surface area contributed by atoms with E-state index in [4.69, 9.17) is 10.5 Å². The van der Waals surface area contributed by atoms with E-state index in [0.717, 1.165) is 9.80 Å². The number of hydrogen-bond acceptors (Lipinski definition) is 9. The quantitative estimate of drug-likeness (QED) is 0.0922. The Bertz CT molecular complexity index is 1330. The predicted molar refractivity (Wildman–Crippen MR) is 180 cm³/mol. The molecule has 1 aromatic rings. The van der Waals surface area contributed by atoms with Crippen LogP contribution in [0.2, 0.25) is 0 Å². The van der Waals surface area contributed by atoms with Crippen LogP contribution in [0.1, 0.15) is 57.9 Å². The van der Waals surface area contributed by atoms with E-state index in [1.165, 1.54) is 17.1 Å². The fourth-order valence-corrected chi connectivity index (χ4v) is 5.00. The number of nitrogens with zero attached hydrogens (tertiary/aromatic N) is 3. The molecular weight excluding hydrogens is 638 g/mol. The average Bonchev–Trinajstić information content (AvgIpc) is 3.38. The maximum absolute atomic E-state index is 14.2. The first-order valence-corrected chi connectivity index (χ1v) is 16.3. The molecule has 2 rings (SSSR count). The number of primary amides is 1. The zero-order chi connectivity index (χ0) is 36.5. The number of hydrogen-bond donors (Lipinski definition) is 5. The summed E-state index contributed by atoms with van der Waals surface area (Å²) in [5, 5.41) is 18.4. The third kappa shape index (κ3) is 13.2. The Kier molecular flexibility index (Phi) is 16.7. The normalized spacial score (nSPS) is 13.6. The Morgan fingerprint density at radius 2 is 1.61 bits per heavy atom. The van der Waals surface area contributed by atoms with Gasteiger partial charge in [-0.3, -0.25) is 29.0 Å². The minimum absolute atomic E-state index is 0.0318. The van der Waals surface area contributed by atoms with Crippen molar-refractivity contribution >= 4 is 47.4 Å². The van der Waals surface area contributed by atoms with Gasteiger partial charge in [0.25, 0.3) is 17.7 Å². The number of imide groups is 1. The van der Waals surface area contributed by atoms with Gasteiger partial charge in [0.1, 0.15) is 18.7 Å². The summed E-state index contributed by atoms with van der Waals surface area (Å²) in [7, 11) is 3.38. The molecule has 16 nitrogen and oxygen atoms in total. The summed E-state index contributed by atoms with van der Waals surface area (Å²) in [6.45, 7) is 4.79. The molecule has 1 aliphatic rings. The molecule has 6 N–H and O–H groups in total. The van der Waals surface area contributed by atoms with Gasteiger partial charge < -0.3 is 36.4 Å². The van der Waals surface area contributed by atoms with Crippen LogP contribution in [0.25, 0.3) is 0 Å². The number of unbranched alkanes of at least 4 members (excludes halogenated alkanes) is 2. The van der Waals surface area contributed by atoms with Gasteiger partial charge in [0.2, 0.25) is 5.91 Å². The van der Waals surface area contributed by atoms with Gasteiger partial charge in [0.05, 0.1) is 0 Å². The zero-order valence-corrected chi connectivity index (χ0v) is 28.6. The lowest BCUT2D eigenvalue weighted by atomic mass is 9.99. The number of carbonyl (C=O) groups excluding carboxylic acids is 6. The molecule has 0 aliphatic carbocycles. The van der Waals surface area contributed by atoms with Crippen molar-refractivity contribution in [3.05, 3.63) is 42.0 Å². The minimum atomic E-state index is -1.35. The number of nitrogens with one attached hydrogen (secondary N) is 3. The second-order valence-corrected chi connectivity index (χ2v) is 12.0. The maximum Gasteiger partial charge on any atom is 0.409 e. The van der Waals surface area contributed by atoms with Gasteiger partial charge >= 0.3 is 18.1 Å². The van der Waals surface area contributed by atoms with Crippen LogP contribution in [0.4, 0.5) is 15.3 Å². The smallest absolute Gasteiger partial charge is 0.409 e. The average molecular weight is 688 g/mol. The molecule has 16 heteroatoms. The highest BCUT2D eigenvalue weighted by Gasteiger charge is 2.36. The van der Waals surface area contributed by atoms with E-state index >= 15 is 0 Å². The monoisotopic (exact) mass is 687 g/mol. The number of aliphatic carboxylic acids is 1. The van der Waals surface area contributed by atoms with Gasteiger partial charge in [-0.1, -0.05) is 32.4 Å². The van der Waals surface area contributed by atoms with Crippen molar-refractivity contribution in [1.82, 2.24) is 25.8 Å². The standard InChI is InChI=1S/C33H49N7O9/c1-22(2)29(37-26(41)10-6-5-7-19-39-27(42)15-16-28(39)43)30(44)40(25(31(45)46)9-8-17-36-32(34)47)24-13-11-23(12-14-24)21-49-33(48)38(4)20-18-35-3/h11-16,22,25,29,35H,5-10,17-21H2,1-4H3,(H,37,41)(H,45,46)(H3,34,36,47)/t25-,29-/m0/s1. The highest BCUT2D eigenvalue weighted by molar-refractivity contribution is 6.12. The number of ether oxygens (including phenoxy) is 1. The largest absolute Gasteiger partial charge is 0.480 e. The molecule has 49 heavy (non-hydrogen) atoms. The number of rotatable bonds is 21. The molecule has 0 fully saturated rings. The topological polar surface area (TPSA) is 221 Å². The number of anilines is 1. The third-order valence-electron chi connectivity index (χ3n) is 7.81. The summed E-state index contributed by atoms with van der Waals surface area (Å²) in [5.74, 6) is -3.47. The molecule has 1 heterocycles. The molecule has 7 amide bonds. The molecular formula is C33H49N7O9. The van der Waals surface area contributed by atoms with Crippen LogP contribution in [0.15, 0.2) is 36.4 Å². The summed E-state index contributed by atoms with van der Waals surface area (Å²) < 4.78 is 5.36. The summed E-state index contributed by atoms with van der Waals surface area (Å²) in [6, 6.07) is 3.15. The van der Waals surface area contributed by atoms with E-state index in [0.29, 0.717) is 37.9 Å². The molecule has 0 radical (unpaired) electrons. The van der Waals surface area contributed by atoms with Crippen LogP contribution in [0, 0.1) is 5.92 Å². The third-order valence-corrected chi connectivity index (χ3v) is 7.81. The second kappa shape index (κ2) is 20.4. The molecule has 2 atom stereocenters. The number of nitrogens with two attached hydrogens (primary N) is 1. The summed E-state index contributed by atoms with van der Waals surface area (Å²) in [6.07, 6.45) is 3.68. The van der Waals surface area contributed by atoms with Gasteiger partial charge in [-0.25, -0.2) is 14.4 Å². The first kappa shape index (κ1) is 40.2. The first-order chi connectivity index (χ1) is 23.3. The van der Waals surface area contributed by atoms with Gasteiger partial charge in [-0.05, 0) is 56.3 Å². The van der Waals surface area contributed by atoms with Gasteiger partial charge in [0.15, 0.2) is 0 Å². The van der Waals surface area contributed by atoms with Crippen LogP contribution in [0.3, 0.4) is 0 Å². The summed E-state index contributed by atoms with van der Waals surface area (Å²) >= 11 is 0. The van der Waals surface area contributed by atoms with Crippen molar-refractivity contribution in [2.75, 3.05) is 45.2 Å². The van der Waals surface area contributed by atoms with E-state index in [2.05, 4.69) is 16.0 Å². The molecule has 0 bridgehead atoms. The Hall–Kier alpha value is -4.99. The van der Waals surface area contributed by atoms with E-state index in [1.54, 1.807) is 52.2 Å². The fraction of sp³-hybridized carbons (Fsp3) is 0.545. The number of urea groups is 1. The summed E-state index contributed by atoms with van der Waals surface area (Å²) in [4.78, 5) is 90.2. The lowest BCUT2D eigenvalue weighted by Crippen LogP contribution is -2.56. The zero-order valence-electron chi connectivity index (χ0n) is 28.6. The lowest BCUT2D eigenvalue weighted by molar-refractivity contribution is -0.141. The highest BCUT2D eigenvalue weighted by atomic mass is 16.6. The van der Waals surface area contributed by atoms with Crippen LogP contribution < -0.4 is 26.6 Å². The van der Waals surface area contributed by atoms with Gasteiger partial charge in [-0.2, -0.15) is 0 Å². The highest BCUT2D eigenvalue weighted by Crippen LogP contribution is 2.24. The minimum Gasteiger partial charge on any atom is -0.480 e. The Labute approximate surface area is 286 Å². The van der Waals surface area contributed by atoms with E-state index in [-0.39, 0.29) is 56.5 Å². The van der Waals surface area contributed by atoms with Crippen molar-refractivity contribution in [3.8, 4) is 0 Å². The number of carboxylic acid groups (broad SMARTS) is 1. The Morgan fingerprint density at radius 1 is 0.959 bits per heavy atom. The fourth-order valence-electron chi connectivity index (χ4n) is 5.00. The summed E-state index contributed by atoms with van der Waals surface area (Å²) in [5.41, 5.74) is 5.99. The van der Waals surface area contributed by atoms with Crippen molar-refractivity contribution in [2.45, 2.75) is 71.1 Å². The molecule has 0 unspecified atom stereocenters. The van der Waals surface area contributed by atoms with E-state index in [1.807, 2.05) is 0 Å². The van der Waals surface area contributed by atoms with Gasteiger partial charge in [0, 0.05) is 57.5 Å². The Morgan fingerprint density at radius 3 is 2.18 bits per heavy atom. The van der Waals surface area contributed by atoms with Crippen molar-refractivity contribution in [2.24, 2.45) is 11.7 Å². The molecule has 270 valence electrons. The molecule has 0 spiro atoms. The predicted octanol–water partition coefficient (Wildman–Crippen LogP) is 1.34. The van der Waals surface area contributed by atoms with Crippen molar-refractivity contribution in [3.63, 3.8) is 0 Å². The lowest BCUT2D eigenvalue weighted by Gasteiger charge is -2.34. The number of amides is 7. The molecule has 1 aliphatic heterocycles. The first-order valence-electron chi connectivity index (χ1n) is 16.3. The molecule has 0 saturated carbocycles. The van der Waals surface area contributed by atoms with Crippen LogP contribution in [-0.4, -0.2) is 109 Å². The van der Waals surface area contributed by atoms with E-state index in [9.17, 15) is 38.7 Å². The maximum atomic E-state index is 14.2. The number of likely N-dealkylation sites (N-methyl/N-ethyl adjacent to an activating group) is 2. The number of carbonyl (C=O) groups is 7. The molecule has 1 aromatic carbocycles.